The largest absolute Gasteiger partial charge is 0.481 e. The minimum absolute atomic E-state index is 0.0389. The molecule has 2 N–H and O–H groups in total. The maximum Gasteiger partial charge on any atom is 0.317 e. The van der Waals surface area contributed by atoms with Crippen LogP contribution in [0.1, 0.15) is 38.5 Å². The third-order valence-corrected chi connectivity index (χ3v) is 3.59. The zero-order valence-electron chi connectivity index (χ0n) is 9.53. The molecule has 0 aromatic carbocycles. The Bertz CT molecular complexity index is 308. The molecule has 2 aliphatic rings. The van der Waals surface area contributed by atoms with E-state index >= 15 is 0 Å². The topological polar surface area (TPSA) is 69.6 Å². The van der Waals surface area contributed by atoms with Gasteiger partial charge >= 0.3 is 12.0 Å². The Hall–Kier alpha value is -1.26. The van der Waals surface area contributed by atoms with Crippen molar-refractivity contribution in [3.63, 3.8) is 0 Å². The van der Waals surface area contributed by atoms with Gasteiger partial charge in [0, 0.05) is 13.1 Å². The number of amides is 2. The van der Waals surface area contributed by atoms with E-state index in [1.165, 1.54) is 0 Å². The van der Waals surface area contributed by atoms with Gasteiger partial charge in [0.05, 0.1) is 12.0 Å². The van der Waals surface area contributed by atoms with E-state index in [9.17, 15) is 9.59 Å². The number of carbonyl (C=O) groups is 2. The fourth-order valence-corrected chi connectivity index (χ4v) is 2.18. The average molecular weight is 226 g/mol. The molecular weight excluding hydrogens is 208 g/mol. The Morgan fingerprint density at radius 3 is 2.44 bits per heavy atom. The first-order valence-electron chi connectivity index (χ1n) is 5.79. The van der Waals surface area contributed by atoms with E-state index in [0.29, 0.717) is 6.04 Å². The summed E-state index contributed by atoms with van der Waals surface area (Å²) in [5, 5.41) is 11.7. The van der Waals surface area contributed by atoms with E-state index < -0.39 is 11.5 Å². The molecule has 0 saturated heterocycles. The van der Waals surface area contributed by atoms with Crippen LogP contribution in [0.5, 0.6) is 0 Å². The van der Waals surface area contributed by atoms with Gasteiger partial charge in [-0.05, 0) is 32.1 Å². The first-order valence-corrected chi connectivity index (χ1v) is 5.79. The molecule has 0 aromatic heterocycles. The summed E-state index contributed by atoms with van der Waals surface area (Å²) in [6.45, 7) is 0. The molecule has 2 amide bonds. The van der Waals surface area contributed by atoms with Crippen LogP contribution in [-0.2, 0) is 4.79 Å². The summed E-state index contributed by atoms with van der Waals surface area (Å²) in [6, 6.07) is 0.241. The van der Waals surface area contributed by atoms with Gasteiger partial charge in [0.2, 0.25) is 0 Å². The number of hydrogen-bond acceptors (Lipinski definition) is 2. The van der Waals surface area contributed by atoms with Crippen LogP contribution < -0.4 is 5.32 Å². The number of carbonyl (C=O) groups excluding carboxylic acids is 1. The third-order valence-electron chi connectivity index (χ3n) is 3.59. The highest BCUT2D eigenvalue weighted by molar-refractivity contribution is 5.77. The summed E-state index contributed by atoms with van der Waals surface area (Å²) >= 11 is 0. The molecule has 0 aliphatic heterocycles. The van der Waals surface area contributed by atoms with Gasteiger partial charge in [0.25, 0.3) is 0 Å². The maximum atomic E-state index is 11.8. The summed E-state index contributed by atoms with van der Waals surface area (Å²) in [5.41, 5.74) is -0.480. The molecule has 90 valence electrons. The van der Waals surface area contributed by atoms with Crippen LogP contribution >= 0.6 is 0 Å². The fourth-order valence-electron chi connectivity index (χ4n) is 2.18. The normalized spacial score (nSPS) is 22.1. The molecule has 2 fully saturated rings. The Morgan fingerprint density at radius 1 is 1.44 bits per heavy atom. The van der Waals surface area contributed by atoms with Gasteiger partial charge in [-0.2, -0.15) is 0 Å². The van der Waals surface area contributed by atoms with Gasteiger partial charge < -0.3 is 15.3 Å². The van der Waals surface area contributed by atoms with E-state index in [1.54, 1.807) is 11.9 Å². The quantitative estimate of drug-likeness (QED) is 0.756. The Morgan fingerprint density at radius 2 is 2.06 bits per heavy atom. The Balaban J connectivity index is 1.90. The molecule has 0 atom stereocenters. The molecule has 0 heterocycles. The summed E-state index contributed by atoms with van der Waals surface area (Å²) < 4.78 is 0. The number of aliphatic carboxylic acids is 1. The van der Waals surface area contributed by atoms with Crippen molar-refractivity contribution in [1.82, 2.24) is 10.2 Å². The molecule has 5 nitrogen and oxygen atoms in total. The molecule has 16 heavy (non-hydrogen) atoms. The van der Waals surface area contributed by atoms with Crippen molar-refractivity contribution in [3.8, 4) is 0 Å². The van der Waals surface area contributed by atoms with E-state index in [4.69, 9.17) is 5.11 Å². The van der Waals surface area contributed by atoms with E-state index in [2.05, 4.69) is 5.32 Å². The molecule has 0 radical (unpaired) electrons. The van der Waals surface area contributed by atoms with Crippen molar-refractivity contribution in [2.75, 3.05) is 7.05 Å². The Labute approximate surface area is 94.8 Å². The van der Waals surface area contributed by atoms with Crippen LogP contribution in [0.4, 0.5) is 4.79 Å². The second kappa shape index (κ2) is 3.96. The van der Waals surface area contributed by atoms with Crippen LogP contribution in [0.15, 0.2) is 0 Å². The summed E-state index contributed by atoms with van der Waals surface area (Å²) in [5.74, 6) is -0.839. The molecule has 2 rings (SSSR count). The predicted molar refractivity (Wildman–Crippen MR) is 58.2 cm³/mol. The number of nitrogens with zero attached hydrogens (tertiary/aromatic N) is 1. The number of urea groups is 1. The number of carboxylic acid groups (broad SMARTS) is 1. The van der Waals surface area contributed by atoms with Crippen LogP contribution in [-0.4, -0.2) is 40.6 Å². The van der Waals surface area contributed by atoms with Gasteiger partial charge in [-0.25, -0.2) is 4.79 Å². The summed E-state index contributed by atoms with van der Waals surface area (Å²) in [6.07, 6.45) is 4.73. The summed E-state index contributed by atoms with van der Waals surface area (Å²) in [4.78, 5) is 24.3. The van der Waals surface area contributed by atoms with Crippen molar-refractivity contribution in [3.05, 3.63) is 0 Å². The lowest BCUT2D eigenvalue weighted by Gasteiger charge is -2.42. The highest BCUT2D eigenvalue weighted by Gasteiger charge is 2.42. The molecule has 0 aromatic rings. The lowest BCUT2D eigenvalue weighted by atomic mass is 9.74. The highest BCUT2D eigenvalue weighted by Crippen LogP contribution is 2.35. The monoisotopic (exact) mass is 226 g/mol. The van der Waals surface area contributed by atoms with Gasteiger partial charge in [0.1, 0.15) is 0 Å². The molecule has 2 saturated carbocycles. The minimum Gasteiger partial charge on any atom is -0.481 e. The number of carboxylic acids is 1. The first kappa shape index (κ1) is 11.2. The van der Waals surface area contributed by atoms with Crippen molar-refractivity contribution in [2.24, 2.45) is 0 Å². The SMILES string of the molecule is CN(C(=O)NC1(CC(=O)O)CCC1)C1CC1. The van der Waals surface area contributed by atoms with Crippen molar-refractivity contribution >= 4 is 12.0 Å². The van der Waals surface area contributed by atoms with Crippen LogP contribution in [0.3, 0.4) is 0 Å². The van der Waals surface area contributed by atoms with E-state index in [0.717, 1.165) is 32.1 Å². The predicted octanol–water partition coefficient (Wildman–Crippen LogP) is 1.19. The molecule has 0 spiro atoms. The van der Waals surface area contributed by atoms with Crippen molar-refractivity contribution in [2.45, 2.75) is 50.1 Å². The second-order valence-corrected chi connectivity index (χ2v) is 4.98. The lowest BCUT2D eigenvalue weighted by molar-refractivity contribution is -0.139. The van der Waals surface area contributed by atoms with Crippen molar-refractivity contribution < 1.29 is 14.7 Å². The van der Waals surface area contributed by atoms with E-state index in [1.807, 2.05) is 0 Å². The highest BCUT2D eigenvalue weighted by atomic mass is 16.4. The van der Waals surface area contributed by atoms with E-state index in [-0.39, 0.29) is 12.5 Å². The smallest absolute Gasteiger partial charge is 0.317 e. The number of rotatable bonds is 4. The summed E-state index contributed by atoms with van der Waals surface area (Å²) in [7, 11) is 1.78. The van der Waals surface area contributed by atoms with Crippen LogP contribution in [0, 0.1) is 0 Å². The fraction of sp³-hybridized carbons (Fsp3) is 0.818. The average Bonchev–Trinajstić information content (AvgIpc) is 2.95. The molecular formula is C11H18N2O3. The Kier molecular flexibility index (Phi) is 2.78. The standard InChI is InChI=1S/C11H18N2O3/c1-13(8-3-4-8)10(16)12-11(5-2-6-11)7-9(14)15/h8H,2-7H2,1H3,(H,12,16)(H,14,15). The number of hydrogen-bond donors (Lipinski definition) is 2. The van der Waals surface area contributed by atoms with Crippen LogP contribution in [0.2, 0.25) is 0 Å². The molecule has 0 unspecified atom stereocenters. The molecule has 2 aliphatic carbocycles. The second-order valence-electron chi connectivity index (χ2n) is 4.98. The zero-order chi connectivity index (χ0) is 11.8. The first-order chi connectivity index (χ1) is 7.52. The van der Waals surface area contributed by atoms with Gasteiger partial charge in [-0.3, -0.25) is 4.79 Å². The zero-order valence-corrected chi connectivity index (χ0v) is 9.53. The maximum absolute atomic E-state index is 11.8. The van der Waals surface area contributed by atoms with Crippen LogP contribution in [0.25, 0.3) is 0 Å². The van der Waals surface area contributed by atoms with Gasteiger partial charge in [-0.15, -0.1) is 0 Å². The number of nitrogens with one attached hydrogen (secondary N) is 1. The minimum atomic E-state index is -0.839. The lowest BCUT2D eigenvalue weighted by Crippen LogP contribution is -2.57. The van der Waals surface area contributed by atoms with Crippen molar-refractivity contribution in [1.29, 1.82) is 0 Å². The molecule has 0 bridgehead atoms. The van der Waals surface area contributed by atoms with Gasteiger partial charge in [0.15, 0.2) is 0 Å². The molecule has 5 heteroatoms. The van der Waals surface area contributed by atoms with Gasteiger partial charge in [-0.1, -0.05) is 0 Å². The third kappa shape index (κ3) is 2.28.